The zero-order valence-corrected chi connectivity index (χ0v) is 10.4. The van der Waals surface area contributed by atoms with Crippen LogP contribution in [0.4, 0.5) is 5.69 Å². The van der Waals surface area contributed by atoms with Gasteiger partial charge in [-0.25, -0.2) is 0 Å². The molecule has 1 aliphatic rings. The molecule has 17 heavy (non-hydrogen) atoms. The van der Waals surface area contributed by atoms with E-state index in [0.717, 1.165) is 25.1 Å². The van der Waals surface area contributed by atoms with Gasteiger partial charge in [-0.05, 0) is 43.9 Å². The molecule has 0 bridgehead atoms. The van der Waals surface area contributed by atoms with Gasteiger partial charge >= 0.3 is 5.97 Å². The molecule has 0 heterocycles. The van der Waals surface area contributed by atoms with Gasteiger partial charge in [0.1, 0.15) is 0 Å². The van der Waals surface area contributed by atoms with E-state index in [4.69, 9.17) is 5.11 Å². The third-order valence-electron chi connectivity index (χ3n) is 3.56. The van der Waals surface area contributed by atoms with E-state index in [0.29, 0.717) is 0 Å². The Balaban J connectivity index is 2.06. The van der Waals surface area contributed by atoms with E-state index in [1.54, 1.807) is 0 Å². The van der Waals surface area contributed by atoms with Crippen molar-refractivity contribution in [1.82, 2.24) is 0 Å². The van der Waals surface area contributed by atoms with Crippen LogP contribution in [-0.2, 0) is 4.79 Å². The van der Waals surface area contributed by atoms with Crippen LogP contribution in [0.3, 0.4) is 0 Å². The van der Waals surface area contributed by atoms with Crippen LogP contribution in [-0.4, -0.2) is 24.2 Å². The Morgan fingerprint density at radius 2 is 1.88 bits per heavy atom. The summed E-state index contributed by atoms with van der Waals surface area (Å²) in [5.41, 5.74) is 2.37. The summed E-state index contributed by atoms with van der Waals surface area (Å²) in [4.78, 5) is 13.1. The predicted molar refractivity (Wildman–Crippen MR) is 68.5 cm³/mol. The minimum absolute atomic E-state index is 0.158. The van der Waals surface area contributed by atoms with Gasteiger partial charge in [-0.3, -0.25) is 4.79 Å². The molecular weight excluding hydrogens is 214 g/mol. The van der Waals surface area contributed by atoms with Crippen molar-refractivity contribution in [2.24, 2.45) is 5.92 Å². The number of carbonyl (C=O) groups is 1. The molecule has 0 radical (unpaired) electrons. The first-order valence-corrected chi connectivity index (χ1v) is 6.25. The number of nitrogens with zero attached hydrogens (tertiary/aromatic N) is 1. The number of rotatable bonds is 5. The van der Waals surface area contributed by atoms with Crippen molar-refractivity contribution in [3.63, 3.8) is 0 Å². The fourth-order valence-corrected chi connectivity index (χ4v) is 2.36. The van der Waals surface area contributed by atoms with Gasteiger partial charge in [-0.2, -0.15) is 0 Å². The molecular formula is C14H19NO2. The molecule has 2 atom stereocenters. The molecule has 3 heteroatoms. The third kappa shape index (κ3) is 2.43. The number of anilines is 1. The molecule has 0 spiro atoms. The molecule has 0 amide bonds. The number of carboxylic acid groups (broad SMARTS) is 1. The number of aliphatic carboxylic acids is 1. The van der Waals surface area contributed by atoms with Crippen molar-refractivity contribution < 1.29 is 9.90 Å². The largest absolute Gasteiger partial charge is 0.481 e. The maximum absolute atomic E-state index is 10.8. The standard InChI is InChI=1S/C14H19NO2/c1-3-15(4-2)11-7-5-10(6-8-11)12-9-13(12)14(16)17/h5-8,12-13H,3-4,9H2,1-2H3,(H,16,17)/t12-,13-/m0/s1. The lowest BCUT2D eigenvalue weighted by atomic mass is 10.1. The van der Waals surface area contributed by atoms with E-state index in [9.17, 15) is 4.79 Å². The number of carboxylic acids is 1. The second kappa shape index (κ2) is 4.78. The summed E-state index contributed by atoms with van der Waals surface area (Å²) in [6.45, 7) is 6.27. The van der Waals surface area contributed by atoms with Gasteiger partial charge in [-0.15, -0.1) is 0 Å². The monoisotopic (exact) mass is 233 g/mol. The SMILES string of the molecule is CCN(CC)c1ccc([C@@H]2C[C@@H]2C(=O)O)cc1. The van der Waals surface area contributed by atoms with Crippen LogP contribution < -0.4 is 4.90 Å². The second-order valence-corrected chi connectivity index (χ2v) is 4.55. The number of hydrogen-bond acceptors (Lipinski definition) is 2. The van der Waals surface area contributed by atoms with Crippen molar-refractivity contribution in [1.29, 1.82) is 0 Å². The lowest BCUT2D eigenvalue weighted by Crippen LogP contribution is -2.21. The van der Waals surface area contributed by atoms with E-state index in [1.165, 1.54) is 5.69 Å². The fourth-order valence-electron chi connectivity index (χ4n) is 2.36. The first-order valence-electron chi connectivity index (χ1n) is 6.25. The topological polar surface area (TPSA) is 40.5 Å². The van der Waals surface area contributed by atoms with E-state index >= 15 is 0 Å². The van der Waals surface area contributed by atoms with Gasteiger partial charge in [0.15, 0.2) is 0 Å². The number of benzene rings is 1. The highest BCUT2D eigenvalue weighted by Crippen LogP contribution is 2.47. The summed E-state index contributed by atoms with van der Waals surface area (Å²) in [5, 5.41) is 8.90. The lowest BCUT2D eigenvalue weighted by molar-refractivity contribution is -0.138. The van der Waals surface area contributed by atoms with Crippen molar-refractivity contribution in [3.8, 4) is 0 Å². The average Bonchev–Trinajstić information content (AvgIpc) is 3.12. The predicted octanol–water partition coefficient (Wildman–Crippen LogP) is 2.72. The molecule has 1 aromatic carbocycles. The molecule has 1 N–H and O–H groups in total. The summed E-state index contributed by atoms with van der Waals surface area (Å²) in [5.74, 6) is -0.588. The summed E-state index contributed by atoms with van der Waals surface area (Å²) >= 11 is 0. The maximum atomic E-state index is 10.8. The first-order chi connectivity index (χ1) is 8.17. The second-order valence-electron chi connectivity index (χ2n) is 4.55. The Labute approximate surface area is 102 Å². The molecule has 92 valence electrons. The molecule has 1 fully saturated rings. The summed E-state index contributed by atoms with van der Waals surface area (Å²) < 4.78 is 0. The highest BCUT2D eigenvalue weighted by molar-refractivity contribution is 5.75. The van der Waals surface area contributed by atoms with E-state index in [1.807, 2.05) is 0 Å². The van der Waals surface area contributed by atoms with Crippen molar-refractivity contribution in [2.45, 2.75) is 26.2 Å². The van der Waals surface area contributed by atoms with E-state index in [-0.39, 0.29) is 11.8 Å². The van der Waals surface area contributed by atoms with Crippen LogP contribution in [0.2, 0.25) is 0 Å². The quantitative estimate of drug-likeness (QED) is 0.850. The normalized spacial score (nSPS) is 22.2. The third-order valence-corrected chi connectivity index (χ3v) is 3.56. The molecule has 0 saturated heterocycles. The van der Waals surface area contributed by atoms with Crippen molar-refractivity contribution in [2.75, 3.05) is 18.0 Å². The van der Waals surface area contributed by atoms with Crippen LogP contribution in [0.5, 0.6) is 0 Å². The average molecular weight is 233 g/mol. The van der Waals surface area contributed by atoms with E-state index in [2.05, 4.69) is 43.0 Å². The van der Waals surface area contributed by atoms with Crippen molar-refractivity contribution >= 4 is 11.7 Å². The Kier molecular flexibility index (Phi) is 3.36. The van der Waals surface area contributed by atoms with Crippen LogP contribution >= 0.6 is 0 Å². The highest BCUT2D eigenvalue weighted by atomic mass is 16.4. The first kappa shape index (κ1) is 12.0. The van der Waals surface area contributed by atoms with Gasteiger partial charge in [0.2, 0.25) is 0 Å². The van der Waals surface area contributed by atoms with Crippen LogP contribution in [0.1, 0.15) is 31.7 Å². The Hall–Kier alpha value is -1.51. The summed E-state index contributed by atoms with van der Waals surface area (Å²) in [7, 11) is 0. The molecule has 0 aliphatic heterocycles. The van der Waals surface area contributed by atoms with E-state index < -0.39 is 5.97 Å². The zero-order valence-electron chi connectivity index (χ0n) is 10.4. The van der Waals surface area contributed by atoms with Gasteiger partial charge in [0.05, 0.1) is 5.92 Å². The van der Waals surface area contributed by atoms with Crippen LogP contribution in [0, 0.1) is 5.92 Å². The lowest BCUT2D eigenvalue weighted by Gasteiger charge is -2.21. The van der Waals surface area contributed by atoms with Crippen molar-refractivity contribution in [3.05, 3.63) is 29.8 Å². The molecule has 1 aromatic rings. The zero-order chi connectivity index (χ0) is 12.4. The smallest absolute Gasteiger partial charge is 0.307 e. The highest BCUT2D eigenvalue weighted by Gasteiger charge is 2.43. The Morgan fingerprint density at radius 1 is 1.29 bits per heavy atom. The fraction of sp³-hybridized carbons (Fsp3) is 0.500. The summed E-state index contributed by atoms with van der Waals surface area (Å²) in [6, 6.07) is 8.33. The van der Waals surface area contributed by atoms with Gasteiger partial charge < -0.3 is 10.0 Å². The molecule has 0 unspecified atom stereocenters. The maximum Gasteiger partial charge on any atom is 0.307 e. The van der Waals surface area contributed by atoms with Crippen LogP contribution in [0.15, 0.2) is 24.3 Å². The Bertz CT molecular complexity index is 395. The van der Waals surface area contributed by atoms with Gasteiger partial charge in [0, 0.05) is 18.8 Å². The summed E-state index contributed by atoms with van der Waals surface area (Å²) in [6.07, 6.45) is 0.792. The molecule has 2 rings (SSSR count). The minimum Gasteiger partial charge on any atom is -0.481 e. The molecule has 3 nitrogen and oxygen atoms in total. The minimum atomic E-state index is -0.664. The van der Waals surface area contributed by atoms with Gasteiger partial charge in [-0.1, -0.05) is 12.1 Å². The van der Waals surface area contributed by atoms with Gasteiger partial charge in [0.25, 0.3) is 0 Å². The Morgan fingerprint density at radius 3 is 2.29 bits per heavy atom. The van der Waals surface area contributed by atoms with Crippen LogP contribution in [0.25, 0.3) is 0 Å². The molecule has 0 aromatic heterocycles. The molecule has 1 saturated carbocycles. The molecule has 1 aliphatic carbocycles. The number of hydrogen-bond donors (Lipinski definition) is 1.